The van der Waals surface area contributed by atoms with E-state index in [-0.39, 0.29) is 11.8 Å². The number of nitrogens with one attached hydrogen (secondary N) is 3. The molecule has 2 heterocycles. The molecule has 3 N–H and O–H groups in total. The molecule has 0 aromatic heterocycles. The average Bonchev–Trinajstić information content (AvgIpc) is 2.78. The summed E-state index contributed by atoms with van der Waals surface area (Å²) in [5.74, 6) is -0.672. The van der Waals surface area contributed by atoms with E-state index in [1.165, 1.54) is 0 Å². The standard InChI is InChI=1S/C17H14ClN3O2/c1-2-9-6-7-12-10(8-9)17(16(23)19-12)20-13-5-3-4-11(18)14(13)15(22)21-17/h3-8,20H,2H2,1H3,(H,19,23)(H,21,22). The van der Waals surface area contributed by atoms with Crippen LogP contribution in [0, 0.1) is 0 Å². The molecule has 0 aliphatic carbocycles. The van der Waals surface area contributed by atoms with Crippen LogP contribution in [0.15, 0.2) is 36.4 Å². The van der Waals surface area contributed by atoms with E-state index in [0.717, 1.165) is 17.5 Å². The van der Waals surface area contributed by atoms with E-state index in [0.29, 0.717) is 22.0 Å². The molecule has 2 aromatic rings. The van der Waals surface area contributed by atoms with Crippen molar-refractivity contribution in [1.82, 2.24) is 5.32 Å². The molecule has 0 saturated heterocycles. The molecule has 1 spiro atoms. The number of carbonyl (C=O) groups excluding carboxylic acids is 2. The highest BCUT2D eigenvalue weighted by Crippen LogP contribution is 2.41. The third-order valence-corrected chi connectivity index (χ3v) is 4.66. The Morgan fingerprint density at radius 3 is 2.70 bits per heavy atom. The first-order valence-corrected chi connectivity index (χ1v) is 7.77. The lowest BCUT2D eigenvalue weighted by Crippen LogP contribution is -2.59. The zero-order valence-corrected chi connectivity index (χ0v) is 13.1. The van der Waals surface area contributed by atoms with Gasteiger partial charge in [-0.2, -0.15) is 0 Å². The first-order valence-electron chi connectivity index (χ1n) is 7.39. The van der Waals surface area contributed by atoms with Crippen LogP contribution < -0.4 is 16.0 Å². The van der Waals surface area contributed by atoms with Gasteiger partial charge in [-0.1, -0.05) is 30.7 Å². The normalized spacial score (nSPS) is 21.3. The van der Waals surface area contributed by atoms with Gasteiger partial charge in [-0.15, -0.1) is 0 Å². The summed E-state index contributed by atoms with van der Waals surface area (Å²) < 4.78 is 0. The van der Waals surface area contributed by atoms with Crippen molar-refractivity contribution in [2.45, 2.75) is 19.0 Å². The number of carbonyl (C=O) groups is 2. The molecule has 2 aromatic carbocycles. The van der Waals surface area contributed by atoms with Gasteiger partial charge in [0.2, 0.25) is 5.66 Å². The zero-order chi connectivity index (χ0) is 16.2. The van der Waals surface area contributed by atoms with Gasteiger partial charge in [0.25, 0.3) is 11.8 Å². The number of halogens is 1. The summed E-state index contributed by atoms with van der Waals surface area (Å²) in [6.45, 7) is 2.04. The monoisotopic (exact) mass is 327 g/mol. The fourth-order valence-electron chi connectivity index (χ4n) is 3.14. The van der Waals surface area contributed by atoms with Gasteiger partial charge in [0.15, 0.2) is 0 Å². The minimum Gasteiger partial charge on any atom is -0.350 e. The number of fused-ring (bicyclic) bond motifs is 3. The van der Waals surface area contributed by atoms with Gasteiger partial charge in [0.1, 0.15) is 0 Å². The van der Waals surface area contributed by atoms with Gasteiger partial charge >= 0.3 is 0 Å². The van der Waals surface area contributed by atoms with Crippen molar-refractivity contribution >= 4 is 34.8 Å². The van der Waals surface area contributed by atoms with Gasteiger partial charge in [-0.25, -0.2) is 0 Å². The third kappa shape index (κ3) is 1.86. The second-order valence-electron chi connectivity index (χ2n) is 5.68. The van der Waals surface area contributed by atoms with Crippen molar-refractivity contribution in [3.63, 3.8) is 0 Å². The summed E-state index contributed by atoms with van der Waals surface area (Å²) in [5, 5.41) is 9.15. The maximum atomic E-state index is 12.6. The Kier molecular flexibility index (Phi) is 2.90. The Morgan fingerprint density at radius 2 is 1.91 bits per heavy atom. The Balaban J connectivity index is 1.91. The van der Waals surface area contributed by atoms with Crippen LogP contribution in [-0.4, -0.2) is 11.8 Å². The summed E-state index contributed by atoms with van der Waals surface area (Å²) >= 11 is 6.12. The molecule has 1 atom stereocenters. The highest BCUT2D eigenvalue weighted by atomic mass is 35.5. The minimum absolute atomic E-state index is 0.306. The number of benzene rings is 2. The average molecular weight is 328 g/mol. The quantitative estimate of drug-likeness (QED) is 0.754. The van der Waals surface area contributed by atoms with Gasteiger partial charge < -0.3 is 16.0 Å². The maximum absolute atomic E-state index is 12.6. The van der Waals surface area contributed by atoms with Gasteiger partial charge in [0.05, 0.1) is 16.3 Å². The van der Waals surface area contributed by atoms with E-state index in [1.54, 1.807) is 18.2 Å². The largest absolute Gasteiger partial charge is 0.350 e. The predicted octanol–water partition coefficient (Wildman–Crippen LogP) is 2.86. The number of hydrogen-bond acceptors (Lipinski definition) is 3. The highest BCUT2D eigenvalue weighted by Gasteiger charge is 2.51. The van der Waals surface area contributed by atoms with E-state index in [2.05, 4.69) is 16.0 Å². The fraction of sp³-hybridized carbons (Fsp3) is 0.176. The van der Waals surface area contributed by atoms with Crippen molar-refractivity contribution in [2.24, 2.45) is 0 Å². The molecule has 0 saturated carbocycles. The molecule has 23 heavy (non-hydrogen) atoms. The topological polar surface area (TPSA) is 70.2 Å². The Labute approximate surface area is 138 Å². The highest BCUT2D eigenvalue weighted by molar-refractivity contribution is 6.35. The van der Waals surface area contributed by atoms with Crippen LogP contribution in [-0.2, 0) is 16.9 Å². The van der Waals surface area contributed by atoms with E-state index in [9.17, 15) is 9.59 Å². The minimum atomic E-state index is -1.30. The zero-order valence-electron chi connectivity index (χ0n) is 12.4. The molecule has 6 heteroatoms. The van der Waals surface area contributed by atoms with Gasteiger partial charge in [-0.3, -0.25) is 9.59 Å². The molecular weight excluding hydrogens is 314 g/mol. The molecule has 4 rings (SSSR count). The molecule has 2 amide bonds. The second kappa shape index (κ2) is 4.73. The number of rotatable bonds is 1. The second-order valence-corrected chi connectivity index (χ2v) is 6.09. The van der Waals surface area contributed by atoms with Crippen LogP contribution in [0.4, 0.5) is 11.4 Å². The number of hydrogen-bond donors (Lipinski definition) is 3. The van der Waals surface area contributed by atoms with Crippen LogP contribution in [0.2, 0.25) is 5.02 Å². The van der Waals surface area contributed by atoms with Crippen molar-refractivity contribution in [2.75, 3.05) is 10.6 Å². The van der Waals surface area contributed by atoms with Crippen molar-refractivity contribution in [1.29, 1.82) is 0 Å². The molecular formula is C17H14ClN3O2. The number of aryl methyl sites for hydroxylation is 1. The van der Waals surface area contributed by atoms with E-state index in [4.69, 9.17) is 11.6 Å². The molecule has 1 unspecified atom stereocenters. The fourth-order valence-corrected chi connectivity index (χ4v) is 3.40. The lowest BCUT2D eigenvalue weighted by Gasteiger charge is -2.36. The Bertz CT molecular complexity index is 865. The molecule has 0 bridgehead atoms. The number of anilines is 2. The predicted molar refractivity (Wildman–Crippen MR) is 88.7 cm³/mol. The smallest absolute Gasteiger partial charge is 0.275 e. The van der Waals surface area contributed by atoms with Crippen LogP contribution in [0.1, 0.15) is 28.4 Å². The summed E-state index contributed by atoms with van der Waals surface area (Å²) in [5.41, 5.74) is 2.12. The van der Waals surface area contributed by atoms with Crippen molar-refractivity contribution < 1.29 is 9.59 Å². The SMILES string of the molecule is CCc1ccc2c(c1)C1(NC(=O)c3c(Cl)cccc3N1)C(=O)N2. The summed E-state index contributed by atoms with van der Waals surface area (Å²) in [6.07, 6.45) is 0.841. The Morgan fingerprint density at radius 1 is 1.09 bits per heavy atom. The van der Waals surface area contributed by atoms with Gasteiger partial charge in [0, 0.05) is 11.3 Å². The molecule has 116 valence electrons. The summed E-state index contributed by atoms with van der Waals surface area (Å²) in [7, 11) is 0. The van der Waals surface area contributed by atoms with Crippen molar-refractivity contribution in [3.8, 4) is 0 Å². The molecule has 2 aliphatic rings. The number of amides is 2. The van der Waals surface area contributed by atoms with Gasteiger partial charge in [-0.05, 0) is 36.2 Å². The maximum Gasteiger partial charge on any atom is 0.275 e. The van der Waals surface area contributed by atoms with Crippen LogP contribution in [0.3, 0.4) is 0 Å². The summed E-state index contributed by atoms with van der Waals surface area (Å²) in [4.78, 5) is 25.2. The van der Waals surface area contributed by atoms with E-state index >= 15 is 0 Å². The third-order valence-electron chi connectivity index (χ3n) is 4.35. The lowest BCUT2D eigenvalue weighted by atomic mass is 9.94. The summed E-state index contributed by atoms with van der Waals surface area (Å²) in [6, 6.07) is 10.9. The van der Waals surface area contributed by atoms with Crippen LogP contribution in [0.25, 0.3) is 0 Å². The molecule has 2 aliphatic heterocycles. The van der Waals surface area contributed by atoms with Crippen LogP contribution in [0.5, 0.6) is 0 Å². The Hall–Kier alpha value is -2.53. The van der Waals surface area contributed by atoms with E-state index in [1.807, 2.05) is 25.1 Å². The first-order chi connectivity index (χ1) is 11.0. The van der Waals surface area contributed by atoms with E-state index < -0.39 is 5.66 Å². The lowest BCUT2D eigenvalue weighted by molar-refractivity contribution is -0.120. The molecule has 0 fully saturated rings. The van der Waals surface area contributed by atoms with Crippen LogP contribution >= 0.6 is 11.6 Å². The first kappa shape index (κ1) is 14.1. The molecule has 0 radical (unpaired) electrons. The molecule has 5 nitrogen and oxygen atoms in total. The van der Waals surface area contributed by atoms with Crippen molar-refractivity contribution in [3.05, 3.63) is 58.1 Å².